The molecular weight excluding hydrogens is 420 g/mol. The van der Waals surface area contributed by atoms with Crippen LogP contribution in [0.2, 0.25) is 0 Å². The smallest absolute Gasteiger partial charge is 0.183 e. The summed E-state index contributed by atoms with van der Waals surface area (Å²) in [4.78, 5) is 41.2. The van der Waals surface area contributed by atoms with E-state index in [-0.39, 0.29) is 30.8 Å². The summed E-state index contributed by atoms with van der Waals surface area (Å²) in [5, 5.41) is 34.1. The number of fused-ring (bicyclic) bond motifs is 1. The molecule has 3 rings (SSSR count). The fourth-order valence-electron chi connectivity index (χ4n) is 6.53. The van der Waals surface area contributed by atoms with Crippen molar-refractivity contribution in [2.45, 2.75) is 98.2 Å². The Balaban J connectivity index is 2.28. The minimum atomic E-state index is -1.59. The van der Waals surface area contributed by atoms with E-state index in [1.807, 2.05) is 26.8 Å². The van der Waals surface area contributed by atoms with E-state index in [4.69, 9.17) is 0 Å². The quantitative estimate of drug-likeness (QED) is 0.321. The highest BCUT2D eigenvalue weighted by Crippen LogP contribution is 2.62. The van der Waals surface area contributed by atoms with Crippen molar-refractivity contribution < 1.29 is 29.7 Å². The molecule has 0 radical (unpaired) electrons. The van der Waals surface area contributed by atoms with Crippen molar-refractivity contribution in [3.8, 4) is 0 Å². The first-order valence-corrected chi connectivity index (χ1v) is 12.2. The zero-order valence-electron chi connectivity index (χ0n) is 21.1. The second-order valence-electron chi connectivity index (χ2n) is 11.8. The molecule has 0 aliphatic heterocycles. The van der Waals surface area contributed by atoms with Gasteiger partial charge in [-0.25, -0.2) is 0 Å². The van der Waals surface area contributed by atoms with Crippen LogP contribution in [-0.2, 0) is 14.4 Å². The molecule has 0 aromatic rings. The first kappa shape index (κ1) is 25.8. The number of allylic oxidation sites excluding steroid dienone is 4. The fourth-order valence-corrected chi connectivity index (χ4v) is 6.53. The van der Waals surface area contributed by atoms with E-state index in [9.17, 15) is 29.7 Å². The molecule has 0 aromatic heterocycles. The summed E-state index contributed by atoms with van der Waals surface area (Å²) in [6.07, 6.45) is 3.56. The van der Waals surface area contributed by atoms with Crippen molar-refractivity contribution in [2.24, 2.45) is 28.6 Å². The van der Waals surface area contributed by atoms with E-state index in [1.54, 1.807) is 27.7 Å². The van der Waals surface area contributed by atoms with Crippen molar-refractivity contribution in [3.63, 3.8) is 0 Å². The zero-order valence-corrected chi connectivity index (χ0v) is 21.1. The van der Waals surface area contributed by atoms with Gasteiger partial charge in [-0.2, -0.15) is 0 Å². The number of Topliss-reactive ketones (excluding diaryl/α,β-unsaturated/α-hetero) is 3. The van der Waals surface area contributed by atoms with Crippen molar-refractivity contribution in [2.75, 3.05) is 0 Å². The Bertz CT molecular complexity index is 934. The van der Waals surface area contributed by atoms with Gasteiger partial charge in [0, 0.05) is 5.92 Å². The predicted octanol–water partition coefficient (Wildman–Crippen LogP) is 4.24. The molecule has 0 heterocycles. The Morgan fingerprint density at radius 1 is 1.12 bits per heavy atom. The van der Waals surface area contributed by atoms with Gasteiger partial charge in [-0.1, -0.05) is 25.5 Å². The number of rotatable bonds is 5. The van der Waals surface area contributed by atoms with Crippen LogP contribution in [-0.4, -0.2) is 43.9 Å². The maximum atomic E-state index is 14.2. The molecular formula is C27H40O6. The van der Waals surface area contributed by atoms with Gasteiger partial charge in [0.2, 0.25) is 0 Å². The standard InChI is InChI=1S/C27H40O6/c1-8-16(4)20(28)19-21(29)24(5,11-9-15(2)3)23(31)27(22(19)30)13-18-17(26(7,33)14-27)10-12-25(18,6)32/h9,16-18,30,32-33H,8,10-14H2,1-7H3. The Kier molecular flexibility index (Phi) is 6.38. The van der Waals surface area contributed by atoms with Crippen molar-refractivity contribution in [1.82, 2.24) is 0 Å². The van der Waals surface area contributed by atoms with Gasteiger partial charge in [0.15, 0.2) is 17.3 Å². The lowest BCUT2D eigenvalue weighted by atomic mass is 9.49. The number of aliphatic hydroxyl groups excluding tert-OH is 1. The fraction of sp³-hybridized carbons (Fsp3) is 0.741. The topological polar surface area (TPSA) is 112 Å². The van der Waals surface area contributed by atoms with Gasteiger partial charge in [-0.15, -0.1) is 0 Å². The van der Waals surface area contributed by atoms with E-state index < -0.39 is 57.0 Å². The lowest BCUT2D eigenvalue weighted by Gasteiger charge is -2.54. The van der Waals surface area contributed by atoms with Crippen LogP contribution in [0.1, 0.15) is 87.0 Å². The predicted molar refractivity (Wildman–Crippen MR) is 125 cm³/mol. The number of aliphatic hydroxyl groups is 3. The summed E-state index contributed by atoms with van der Waals surface area (Å²) in [7, 11) is 0. The first-order valence-electron chi connectivity index (χ1n) is 12.2. The summed E-state index contributed by atoms with van der Waals surface area (Å²) >= 11 is 0. The van der Waals surface area contributed by atoms with Crippen LogP contribution in [0.3, 0.4) is 0 Å². The molecule has 2 fully saturated rings. The minimum Gasteiger partial charge on any atom is -0.510 e. The van der Waals surface area contributed by atoms with E-state index in [1.165, 1.54) is 0 Å². The largest absolute Gasteiger partial charge is 0.510 e. The lowest BCUT2D eigenvalue weighted by Crippen LogP contribution is -2.61. The number of hydrogen-bond acceptors (Lipinski definition) is 6. The minimum absolute atomic E-state index is 0.0725. The highest BCUT2D eigenvalue weighted by atomic mass is 16.3. The van der Waals surface area contributed by atoms with Gasteiger partial charge in [0.05, 0.1) is 22.0 Å². The number of ketones is 3. The highest BCUT2D eigenvalue weighted by Gasteiger charge is 2.68. The number of carbonyl (C=O) groups is 3. The molecule has 7 atom stereocenters. The Morgan fingerprint density at radius 2 is 1.73 bits per heavy atom. The maximum Gasteiger partial charge on any atom is 0.183 e. The van der Waals surface area contributed by atoms with Crippen LogP contribution in [0.5, 0.6) is 0 Å². The van der Waals surface area contributed by atoms with Gasteiger partial charge in [-0.3, -0.25) is 14.4 Å². The van der Waals surface area contributed by atoms with Gasteiger partial charge >= 0.3 is 0 Å². The molecule has 1 spiro atoms. The second kappa shape index (κ2) is 8.16. The van der Waals surface area contributed by atoms with Gasteiger partial charge in [0.25, 0.3) is 0 Å². The van der Waals surface area contributed by atoms with Crippen LogP contribution in [0, 0.1) is 28.6 Å². The van der Waals surface area contributed by atoms with Crippen LogP contribution in [0.25, 0.3) is 0 Å². The van der Waals surface area contributed by atoms with Crippen molar-refractivity contribution in [3.05, 3.63) is 23.0 Å². The summed E-state index contributed by atoms with van der Waals surface area (Å²) in [6, 6.07) is 0. The molecule has 33 heavy (non-hydrogen) atoms. The Morgan fingerprint density at radius 3 is 2.27 bits per heavy atom. The molecule has 7 unspecified atom stereocenters. The molecule has 3 N–H and O–H groups in total. The van der Waals surface area contributed by atoms with Crippen LogP contribution < -0.4 is 0 Å². The highest BCUT2D eigenvalue weighted by molar-refractivity contribution is 6.31. The normalized spacial score (nSPS) is 41.8. The van der Waals surface area contributed by atoms with Gasteiger partial charge in [0.1, 0.15) is 11.3 Å². The van der Waals surface area contributed by atoms with Crippen molar-refractivity contribution >= 4 is 17.3 Å². The SMILES string of the molecule is CCC(C)C(=O)C1=C(O)C2(CC3C(CCC3(C)O)C(C)(O)C2)C(=O)C(C)(CC=C(C)C)C1=O. The molecule has 3 aliphatic rings. The summed E-state index contributed by atoms with van der Waals surface area (Å²) in [6.45, 7) is 12.2. The maximum absolute atomic E-state index is 14.2. The van der Waals surface area contributed by atoms with E-state index in [0.29, 0.717) is 19.3 Å². The summed E-state index contributed by atoms with van der Waals surface area (Å²) in [5.74, 6) is -3.22. The molecule has 0 amide bonds. The molecule has 0 bridgehead atoms. The van der Waals surface area contributed by atoms with Gasteiger partial charge in [-0.05, 0) is 85.0 Å². The first-order chi connectivity index (χ1) is 15.0. The number of carbonyl (C=O) groups excluding carboxylic acids is 3. The van der Waals surface area contributed by atoms with Crippen LogP contribution in [0.4, 0.5) is 0 Å². The van der Waals surface area contributed by atoms with Gasteiger partial charge < -0.3 is 15.3 Å². The third kappa shape index (κ3) is 3.83. The number of hydrogen-bond donors (Lipinski definition) is 3. The molecule has 2 saturated carbocycles. The third-order valence-electron chi connectivity index (χ3n) is 8.85. The average Bonchev–Trinajstić information content (AvgIpc) is 3.04. The van der Waals surface area contributed by atoms with Crippen LogP contribution >= 0.6 is 0 Å². The second-order valence-corrected chi connectivity index (χ2v) is 11.8. The molecule has 0 aromatic carbocycles. The van der Waals surface area contributed by atoms with E-state index >= 15 is 0 Å². The van der Waals surface area contributed by atoms with Crippen LogP contribution in [0.15, 0.2) is 23.0 Å². The molecule has 0 saturated heterocycles. The molecule has 3 aliphatic carbocycles. The third-order valence-corrected chi connectivity index (χ3v) is 8.85. The lowest BCUT2D eigenvalue weighted by molar-refractivity contribution is -0.167. The molecule has 6 heteroatoms. The Labute approximate surface area is 197 Å². The monoisotopic (exact) mass is 460 g/mol. The zero-order chi connectivity index (χ0) is 25.1. The molecule has 6 nitrogen and oxygen atoms in total. The molecule has 184 valence electrons. The summed E-state index contributed by atoms with van der Waals surface area (Å²) in [5.41, 5.74) is -4.92. The average molecular weight is 461 g/mol. The van der Waals surface area contributed by atoms with Crippen molar-refractivity contribution in [1.29, 1.82) is 0 Å². The van der Waals surface area contributed by atoms with E-state index in [0.717, 1.165) is 5.57 Å². The summed E-state index contributed by atoms with van der Waals surface area (Å²) < 4.78 is 0. The van der Waals surface area contributed by atoms with E-state index in [2.05, 4.69) is 0 Å². The Hall–Kier alpha value is -1.79.